The van der Waals surface area contributed by atoms with Crippen LogP contribution in [0.25, 0.3) is 15.3 Å². The van der Waals surface area contributed by atoms with Gasteiger partial charge in [-0.05, 0) is 37.3 Å². The molecule has 9 heteroatoms. The van der Waals surface area contributed by atoms with Gasteiger partial charge in [-0.3, -0.25) is 4.79 Å². The first-order chi connectivity index (χ1) is 14.6. The number of thiazole rings is 1. The molecule has 0 radical (unpaired) electrons. The van der Waals surface area contributed by atoms with Crippen LogP contribution in [-0.2, 0) is 4.79 Å². The van der Waals surface area contributed by atoms with Crippen molar-refractivity contribution in [3.63, 3.8) is 0 Å². The van der Waals surface area contributed by atoms with Gasteiger partial charge >= 0.3 is 0 Å². The molecule has 0 aliphatic rings. The Morgan fingerprint density at radius 3 is 2.67 bits per heavy atom. The first kappa shape index (κ1) is 19.7. The highest BCUT2D eigenvalue weighted by molar-refractivity contribution is 7.20. The molecule has 0 aliphatic carbocycles. The zero-order valence-electron chi connectivity index (χ0n) is 16.7. The number of hydrogen-bond donors (Lipinski definition) is 1. The predicted molar refractivity (Wildman–Crippen MR) is 115 cm³/mol. The molecular formula is C21H20N4O4S. The molecule has 2 aromatic carbocycles. The van der Waals surface area contributed by atoms with Gasteiger partial charge in [0.1, 0.15) is 11.6 Å². The number of fused-ring (bicyclic) bond motifs is 1. The van der Waals surface area contributed by atoms with Crippen molar-refractivity contribution in [2.24, 2.45) is 0 Å². The summed E-state index contributed by atoms with van der Waals surface area (Å²) in [5.41, 5.74) is 1.59. The first-order valence-electron chi connectivity index (χ1n) is 9.14. The van der Waals surface area contributed by atoms with Gasteiger partial charge < -0.3 is 19.5 Å². The Balaban J connectivity index is 1.52. The van der Waals surface area contributed by atoms with E-state index in [2.05, 4.69) is 15.4 Å². The van der Waals surface area contributed by atoms with E-state index in [4.69, 9.17) is 14.2 Å². The highest BCUT2D eigenvalue weighted by Gasteiger charge is 2.15. The quantitative estimate of drug-likeness (QED) is 0.485. The largest absolute Gasteiger partial charge is 0.497 e. The van der Waals surface area contributed by atoms with E-state index < -0.39 is 0 Å². The zero-order chi connectivity index (χ0) is 21.1. The van der Waals surface area contributed by atoms with Gasteiger partial charge in [-0.2, -0.15) is 9.78 Å². The Labute approximate surface area is 177 Å². The van der Waals surface area contributed by atoms with Gasteiger partial charge in [0.2, 0.25) is 5.13 Å². The van der Waals surface area contributed by atoms with Crippen molar-refractivity contribution in [2.75, 3.05) is 26.1 Å². The maximum absolute atomic E-state index is 12.5. The molecule has 2 aromatic heterocycles. The van der Waals surface area contributed by atoms with Crippen LogP contribution >= 0.6 is 11.3 Å². The van der Waals surface area contributed by atoms with Crippen molar-refractivity contribution in [1.82, 2.24) is 14.8 Å². The van der Waals surface area contributed by atoms with Crippen LogP contribution < -0.4 is 19.5 Å². The molecule has 0 bridgehead atoms. The molecule has 0 saturated heterocycles. The third kappa shape index (κ3) is 4.06. The molecule has 1 amide bonds. The van der Waals surface area contributed by atoms with Gasteiger partial charge in [0.15, 0.2) is 18.1 Å². The van der Waals surface area contributed by atoms with Crippen molar-refractivity contribution in [1.29, 1.82) is 0 Å². The second kappa shape index (κ2) is 8.42. The molecule has 30 heavy (non-hydrogen) atoms. The summed E-state index contributed by atoms with van der Waals surface area (Å²) < 4.78 is 18.7. The lowest BCUT2D eigenvalue weighted by Gasteiger charge is -2.10. The van der Waals surface area contributed by atoms with Crippen LogP contribution in [0.3, 0.4) is 0 Å². The maximum atomic E-state index is 12.5. The summed E-state index contributed by atoms with van der Waals surface area (Å²) in [7, 11) is 3.18. The Morgan fingerprint density at radius 1 is 1.10 bits per heavy atom. The number of methoxy groups -OCH3 is 2. The van der Waals surface area contributed by atoms with E-state index in [9.17, 15) is 4.79 Å². The molecule has 4 rings (SSSR count). The average molecular weight is 424 g/mol. The summed E-state index contributed by atoms with van der Waals surface area (Å²) in [6, 6.07) is 14.6. The van der Waals surface area contributed by atoms with Crippen molar-refractivity contribution >= 4 is 33.3 Å². The number of para-hydroxylation sites is 2. The van der Waals surface area contributed by atoms with Crippen LogP contribution in [-0.4, -0.2) is 41.5 Å². The molecule has 154 valence electrons. The normalized spacial score (nSPS) is 10.8. The van der Waals surface area contributed by atoms with Crippen LogP contribution in [0.4, 0.5) is 5.82 Å². The number of aromatic nitrogens is 3. The average Bonchev–Trinajstić information content (AvgIpc) is 3.34. The summed E-state index contributed by atoms with van der Waals surface area (Å²) in [5, 5.41) is 7.96. The summed E-state index contributed by atoms with van der Waals surface area (Å²) in [4.78, 5) is 17.1. The molecule has 0 spiro atoms. The number of hydrogen-bond acceptors (Lipinski definition) is 7. The number of nitrogens with one attached hydrogen (secondary N) is 1. The topological polar surface area (TPSA) is 87.5 Å². The minimum Gasteiger partial charge on any atom is -0.497 e. The fraction of sp³-hybridized carbons (Fsp3) is 0.190. The Hall–Kier alpha value is -3.59. The third-order valence-corrected chi connectivity index (χ3v) is 5.29. The number of ether oxygens (including phenoxy) is 3. The second-order valence-corrected chi connectivity index (χ2v) is 7.41. The molecule has 0 unspecified atom stereocenters. The Morgan fingerprint density at radius 2 is 1.90 bits per heavy atom. The van der Waals surface area contributed by atoms with E-state index in [1.807, 2.05) is 37.3 Å². The van der Waals surface area contributed by atoms with Crippen LogP contribution in [0.15, 0.2) is 48.5 Å². The lowest BCUT2D eigenvalue weighted by atomic mass is 10.3. The monoisotopic (exact) mass is 424 g/mol. The molecule has 2 heterocycles. The van der Waals surface area contributed by atoms with Crippen LogP contribution in [0.1, 0.15) is 5.69 Å². The number of carbonyl (C=O) groups excluding carboxylic acids is 1. The summed E-state index contributed by atoms with van der Waals surface area (Å²) in [5.74, 6) is 2.03. The van der Waals surface area contributed by atoms with E-state index in [-0.39, 0.29) is 12.5 Å². The van der Waals surface area contributed by atoms with Crippen molar-refractivity contribution in [3.8, 4) is 22.4 Å². The number of aryl methyl sites for hydroxylation is 1. The van der Waals surface area contributed by atoms with Gasteiger partial charge in [0.05, 0.1) is 30.1 Å². The predicted octanol–water partition coefficient (Wildman–Crippen LogP) is 3.83. The van der Waals surface area contributed by atoms with E-state index in [1.54, 1.807) is 37.1 Å². The van der Waals surface area contributed by atoms with Gasteiger partial charge in [0, 0.05) is 6.07 Å². The van der Waals surface area contributed by atoms with E-state index in [0.717, 1.165) is 21.7 Å². The van der Waals surface area contributed by atoms with E-state index in [1.165, 1.54) is 11.3 Å². The number of carbonyl (C=O) groups is 1. The van der Waals surface area contributed by atoms with Gasteiger partial charge in [-0.1, -0.05) is 23.5 Å². The molecule has 0 atom stereocenters. The lowest BCUT2D eigenvalue weighted by molar-refractivity contribution is -0.118. The molecule has 0 saturated carbocycles. The van der Waals surface area contributed by atoms with Crippen LogP contribution in [0.2, 0.25) is 0 Å². The minimum atomic E-state index is -0.315. The first-order valence-corrected chi connectivity index (χ1v) is 9.96. The third-order valence-electron chi connectivity index (χ3n) is 4.29. The summed E-state index contributed by atoms with van der Waals surface area (Å²) in [6.45, 7) is 1.69. The van der Waals surface area contributed by atoms with Gasteiger partial charge in [0.25, 0.3) is 5.91 Å². The molecule has 8 nitrogen and oxygen atoms in total. The lowest BCUT2D eigenvalue weighted by Crippen LogP contribution is -2.22. The van der Waals surface area contributed by atoms with Gasteiger partial charge in [-0.25, -0.2) is 4.98 Å². The Kier molecular flexibility index (Phi) is 5.53. The zero-order valence-corrected chi connectivity index (χ0v) is 17.5. The molecule has 1 N–H and O–H groups in total. The number of nitrogens with zero attached hydrogens (tertiary/aromatic N) is 3. The number of benzene rings is 2. The maximum Gasteiger partial charge on any atom is 0.263 e. The number of rotatable bonds is 7. The number of amides is 1. The van der Waals surface area contributed by atoms with Crippen LogP contribution in [0, 0.1) is 6.92 Å². The molecular weight excluding hydrogens is 404 g/mol. The molecule has 0 aliphatic heterocycles. The molecule has 0 fully saturated rings. The van der Waals surface area contributed by atoms with Gasteiger partial charge in [-0.15, -0.1) is 0 Å². The van der Waals surface area contributed by atoms with Crippen molar-refractivity contribution < 1.29 is 19.0 Å². The summed E-state index contributed by atoms with van der Waals surface area (Å²) >= 11 is 1.46. The van der Waals surface area contributed by atoms with E-state index in [0.29, 0.717) is 22.4 Å². The Bertz CT molecular complexity index is 1200. The van der Waals surface area contributed by atoms with E-state index >= 15 is 0 Å². The highest BCUT2D eigenvalue weighted by Crippen LogP contribution is 2.30. The number of anilines is 1. The second-order valence-electron chi connectivity index (χ2n) is 6.40. The smallest absolute Gasteiger partial charge is 0.263 e. The minimum absolute atomic E-state index is 0.165. The fourth-order valence-electron chi connectivity index (χ4n) is 2.90. The fourth-order valence-corrected chi connectivity index (χ4v) is 3.86. The SMILES string of the molecule is COc1ccc2nc(-n3nc(C)cc3NC(=O)COc3ccccc3OC)sc2c1. The van der Waals surface area contributed by atoms with Crippen LogP contribution in [0.5, 0.6) is 17.2 Å². The van der Waals surface area contributed by atoms with Crippen molar-refractivity contribution in [3.05, 3.63) is 54.2 Å². The highest BCUT2D eigenvalue weighted by atomic mass is 32.1. The molecule has 4 aromatic rings. The standard InChI is InChI=1S/C21H20N4O4S/c1-13-10-19(23-20(26)12-29-17-7-5-4-6-16(17)28-3)25(24-13)21-22-15-9-8-14(27-2)11-18(15)30-21/h4-11H,12H2,1-3H3,(H,23,26). The summed E-state index contributed by atoms with van der Waals surface area (Å²) in [6.07, 6.45) is 0. The van der Waals surface area contributed by atoms with Crippen molar-refractivity contribution in [2.45, 2.75) is 6.92 Å².